The van der Waals surface area contributed by atoms with Crippen LogP contribution in [-0.4, -0.2) is 24.9 Å². The molecule has 0 saturated carbocycles. The molecule has 1 unspecified atom stereocenters. The molecule has 0 aromatic heterocycles. The van der Waals surface area contributed by atoms with E-state index < -0.39 is 0 Å². The second-order valence-electron chi connectivity index (χ2n) is 4.98. The van der Waals surface area contributed by atoms with Crippen molar-refractivity contribution < 1.29 is 9.47 Å². The highest BCUT2D eigenvalue weighted by molar-refractivity contribution is 4.96. The number of hydrogen-bond acceptors (Lipinski definition) is 2. The summed E-state index contributed by atoms with van der Waals surface area (Å²) in [6.45, 7) is 11.0. The Morgan fingerprint density at radius 2 is 2.29 bits per heavy atom. The van der Waals surface area contributed by atoms with Gasteiger partial charge < -0.3 is 9.47 Å². The highest BCUT2D eigenvalue weighted by atomic mass is 16.5. The van der Waals surface area contributed by atoms with Crippen LogP contribution >= 0.6 is 0 Å². The zero-order chi connectivity index (χ0) is 10.8. The maximum Gasteiger partial charge on any atom is 0.0735 e. The van der Waals surface area contributed by atoms with Crippen LogP contribution in [0.1, 0.15) is 33.6 Å². The molecular formula is C12H22O2. The van der Waals surface area contributed by atoms with Crippen molar-refractivity contribution in [1.82, 2.24) is 0 Å². The Bertz CT molecular complexity index is 210. The van der Waals surface area contributed by atoms with Gasteiger partial charge in [0, 0.05) is 13.0 Å². The number of hydrogen-bond donors (Lipinski definition) is 0. The van der Waals surface area contributed by atoms with Crippen LogP contribution in [0.3, 0.4) is 0 Å². The van der Waals surface area contributed by atoms with Gasteiger partial charge in [-0.25, -0.2) is 0 Å². The first-order chi connectivity index (χ1) is 6.43. The molecule has 1 aliphatic rings. The summed E-state index contributed by atoms with van der Waals surface area (Å²) < 4.78 is 11.3. The molecule has 0 amide bonds. The SMILES string of the molecule is C=CCC(C)(OC)[C@H]1COC(C)(C)C1. The van der Waals surface area contributed by atoms with E-state index in [-0.39, 0.29) is 11.2 Å². The lowest BCUT2D eigenvalue weighted by Gasteiger charge is -2.33. The van der Waals surface area contributed by atoms with Crippen LogP contribution in [0, 0.1) is 5.92 Å². The van der Waals surface area contributed by atoms with E-state index in [1.165, 1.54) is 0 Å². The maximum atomic E-state index is 5.73. The van der Waals surface area contributed by atoms with Crippen molar-refractivity contribution >= 4 is 0 Å². The summed E-state index contributed by atoms with van der Waals surface area (Å²) in [6.07, 6.45) is 3.87. The molecule has 1 aliphatic heterocycles. The molecule has 0 aromatic carbocycles. The fourth-order valence-electron chi connectivity index (χ4n) is 2.13. The molecule has 1 rings (SSSR count). The van der Waals surface area contributed by atoms with Crippen molar-refractivity contribution in [3.8, 4) is 0 Å². The highest BCUT2D eigenvalue weighted by Crippen LogP contribution is 2.39. The molecule has 0 aliphatic carbocycles. The molecule has 0 N–H and O–H groups in total. The van der Waals surface area contributed by atoms with Gasteiger partial charge in [0.2, 0.25) is 0 Å². The molecule has 2 nitrogen and oxygen atoms in total. The largest absolute Gasteiger partial charge is 0.378 e. The first kappa shape index (κ1) is 11.7. The molecular weight excluding hydrogens is 176 g/mol. The minimum atomic E-state index is -0.116. The smallest absolute Gasteiger partial charge is 0.0735 e. The van der Waals surface area contributed by atoms with Gasteiger partial charge in [0.1, 0.15) is 0 Å². The third kappa shape index (κ3) is 2.37. The van der Waals surface area contributed by atoms with E-state index in [2.05, 4.69) is 27.4 Å². The fourth-order valence-corrected chi connectivity index (χ4v) is 2.13. The molecule has 0 aromatic rings. The minimum absolute atomic E-state index is 0.00558. The van der Waals surface area contributed by atoms with Gasteiger partial charge in [0.05, 0.1) is 17.8 Å². The van der Waals surface area contributed by atoms with E-state index in [0.717, 1.165) is 19.4 Å². The van der Waals surface area contributed by atoms with Gasteiger partial charge >= 0.3 is 0 Å². The molecule has 0 spiro atoms. The van der Waals surface area contributed by atoms with Gasteiger partial charge in [-0.05, 0) is 33.6 Å². The van der Waals surface area contributed by atoms with E-state index in [1.807, 2.05) is 6.08 Å². The van der Waals surface area contributed by atoms with Gasteiger partial charge in [0.25, 0.3) is 0 Å². The minimum Gasteiger partial charge on any atom is -0.378 e. The van der Waals surface area contributed by atoms with E-state index in [4.69, 9.17) is 9.47 Å². The second-order valence-corrected chi connectivity index (χ2v) is 4.98. The van der Waals surface area contributed by atoms with Crippen LogP contribution < -0.4 is 0 Å². The Morgan fingerprint density at radius 1 is 1.64 bits per heavy atom. The number of ether oxygens (including phenoxy) is 2. The van der Waals surface area contributed by atoms with Crippen LogP contribution in [0.5, 0.6) is 0 Å². The normalized spacial score (nSPS) is 29.9. The molecule has 0 radical (unpaired) electrons. The van der Waals surface area contributed by atoms with E-state index in [9.17, 15) is 0 Å². The predicted molar refractivity (Wildman–Crippen MR) is 58.4 cm³/mol. The van der Waals surface area contributed by atoms with Crippen molar-refractivity contribution in [2.24, 2.45) is 5.92 Å². The Morgan fingerprint density at radius 3 is 2.64 bits per heavy atom. The zero-order valence-corrected chi connectivity index (χ0v) is 9.80. The Balaban J connectivity index is 2.67. The van der Waals surface area contributed by atoms with Gasteiger partial charge in [-0.3, -0.25) is 0 Å². The Hall–Kier alpha value is -0.340. The third-order valence-corrected chi connectivity index (χ3v) is 3.29. The molecule has 14 heavy (non-hydrogen) atoms. The molecule has 2 heteroatoms. The van der Waals surface area contributed by atoms with Gasteiger partial charge in [-0.15, -0.1) is 6.58 Å². The van der Waals surface area contributed by atoms with Crippen molar-refractivity contribution in [3.63, 3.8) is 0 Å². The monoisotopic (exact) mass is 198 g/mol. The van der Waals surface area contributed by atoms with Crippen molar-refractivity contribution in [1.29, 1.82) is 0 Å². The Labute approximate surface area is 87.3 Å². The molecule has 2 atom stereocenters. The lowest BCUT2D eigenvalue weighted by atomic mass is 9.82. The Kier molecular flexibility index (Phi) is 3.38. The molecule has 1 fully saturated rings. The van der Waals surface area contributed by atoms with Crippen LogP contribution in [0.4, 0.5) is 0 Å². The summed E-state index contributed by atoms with van der Waals surface area (Å²) in [5.74, 6) is 0.473. The lowest BCUT2D eigenvalue weighted by Crippen LogP contribution is -2.37. The van der Waals surface area contributed by atoms with E-state index in [0.29, 0.717) is 5.92 Å². The van der Waals surface area contributed by atoms with Crippen molar-refractivity contribution in [2.45, 2.75) is 44.8 Å². The van der Waals surface area contributed by atoms with Crippen LogP contribution in [-0.2, 0) is 9.47 Å². The van der Waals surface area contributed by atoms with E-state index >= 15 is 0 Å². The summed E-state index contributed by atoms with van der Waals surface area (Å²) in [7, 11) is 1.77. The first-order valence-electron chi connectivity index (χ1n) is 5.23. The zero-order valence-electron chi connectivity index (χ0n) is 9.80. The van der Waals surface area contributed by atoms with E-state index in [1.54, 1.807) is 7.11 Å². The van der Waals surface area contributed by atoms with Crippen molar-refractivity contribution in [3.05, 3.63) is 12.7 Å². The van der Waals surface area contributed by atoms with Crippen LogP contribution in [0.2, 0.25) is 0 Å². The average Bonchev–Trinajstić information content (AvgIpc) is 2.47. The first-order valence-corrected chi connectivity index (χ1v) is 5.23. The summed E-state index contributed by atoms with van der Waals surface area (Å²) in [5.41, 5.74) is -0.110. The molecule has 1 heterocycles. The van der Waals surface area contributed by atoms with Crippen molar-refractivity contribution in [2.75, 3.05) is 13.7 Å². The van der Waals surface area contributed by atoms with Crippen LogP contribution in [0.25, 0.3) is 0 Å². The molecule has 82 valence electrons. The van der Waals surface area contributed by atoms with Gasteiger partial charge in [0.15, 0.2) is 0 Å². The topological polar surface area (TPSA) is 18.5 Å². The highest BCUT2D eigenvalue weighted by Gasteiger charge is 2.42. The number of methoxy groups -OCH3 is 1. The average molecular weight is 198 g/mol. The van der Waals surface area contributed by atoms with Gasteiger partial charge in [-0.2, -0.15) is 0 Å². The predicted octanol–water partition coefficient (Wildman–Crippen LogP) is 2.78. The third-order valence-electron chi connectivity index (χ3n) is 3.29. The fraction of sp³-hybridized carbons (Fsp3) is 0.833. The standard InChI is InChI=1S/C12H22O2/c1-6-7-12(4,13-5)10-8-11(2,3)14-9-10/h6,10H,1,7-9H2,2-5H3/t10-,12?/m1/s1. The quantitative estimate of drug-likeness (QED) is 0.647. The summed E-state index contributed by atoms with van der Waals surface area (Å²) in [5, 5.41) is 0. The van der Waals surface area contributed by atoms with Gasteiger partial charge in [-0.1, -0.05) is 6.08 Å². The number of rotatable bonds is 4. The summed E-state index contributed by atoms with van der Waals surface area (Å²) >= 11 is 0. The summed E-state index contributed by atoms with van der Waals surface area (Å²) in [4.78, 5) is 0. The second kappa shape index (κ2) is 4.03. The maximum absolute atomic E-state index is 5.73. The lowest BCUT2D eigenvalue weighted by molar-refractivity contribution is -0.0439. The molecule has 1 saturated heterocycles. The van der Waals surface area contributed by atoms with Crippen LogP contribution in [0.15, 0.2) is 12.7 Å². The summed E-state index contributed by atoms with van der Waals surface area (Å²) in [6, 6.07) is 0. The molecule has 0 bridgehead atoms.